The predicted octanol–water partition coefficient (Wildman–Crippen LogP) is 1.01. The summed E-state index contributed by atoms with van der Waals surface area (Å²) in [7, 11) is 1.77. The van der Waals surface area contributed by atoms with Gasteiger partial charge in [0.25, 0.3) is 0 Å². The third kappa shape index (κ3) is 3.37. The summed E-state index contributed by atoms with van der Waals surface area (Å²) in [6.07, 6.45) is 6.31. The van der Waals surface area contributed by atoms with Gasteiger partial charge in [-0.05, 0) is 49.5 Å². The van der Waals surface area contributed by atoms with Gasteiger partial charge < -0.3 is 15.0 Å². The summed E-state index contributed by atoms with van der Waals surface area (Å²) in [5.74, 6) is 0.650. The van der Waals surface area contributed by atoms with Gasteiger partial charge in [-0.3, -0.25) is 0 Å². The highest BCUT2D eigenvalue weighted by Crippen LogP contribution is 2.26. The number of hydrogen-bond acceptors (Lipinski definition) is 5. The maximum absolute atomic E-state index is 12.3. The van der Waals surface area contributed by atoms with E-state index in [9.17, 15) is 4.79 Å². The maximum Gasteiger partial charge on any atom is 0.317 e. The lowest BCUT2D eigenvalue weighted by Gasteiger charge is -2.36. The second-order valence-electron chi connectivity index (χ2n) is 6.21. The molecule has 2 heterocycles. The summed E-state index contributed by atoms with van der Waals surface area (Å²) in [5.41, 5.74) is 0. The van der Waals surface area contributed by atoms with Crippen molar-refractivity contribution in [2.24, 2.45) is 7.05 Å². The Morgan fingerprint density at radius 2 is 1.95 bits per heavy atom. The van der Waals surface area contributed by atoms with E-state index in [0.29, 0.717) is 18.0 Å². The normalized spacial score (nSPS) is 21.5. The highest BCUT2D eigenvalue weighted by atomic mass is 16.5. The van der Waals surface area contributed by atoms with Crippen molar-refractivity contribution in [2.45, 2.75) is 57.3 Å². The summed E-state index contributed by atoms with van der Waals surface area (Å²) < 4.78 is 7.60. The molecule has 0 aromatic carbocycles. The van der Waals surface area contributed by atoms with Gasteiger partial charge in [0.1, 0.15) is 0 Å². The first-order valence-corrected chi connectivity index (χ1v) is 8.06. The lowest BCUT2D eigenvalue weighted by molar-refractivity contribution is -0.0698. The molecule has 1 saturated heterocycles. The van der Waals surface area contributed by atoms with Crippen molar-refractivity contribution in [1.82, 2.24) is 30.4 Å². The molecule has 2 amide bonds. The largest absolute Gasteiger partial charge is 0.375 e. The number of amides is 2. The molecule has 3 rings (SSSR count). The molecule has 1 aromatic heterocycles. The number of aromatic nitrogens is 4. The van der Waals surface area contributed by atoms with E-state index in [-0.39, 0.29) is 12.1 Å². The highest BCUT2D eigenvalue weighted by Gasteiger charge is 2.28. The summed E-state index contributed by atoms with van der Waals surface area (Å²) in [6.45, 7) is 3.37. The molecule has 1 aromatic rings. The Morgan fingerprint density at radius 3 is 2.50 bits per heavy atom. The zero-order valence-electron chi connectivity index (χ0n) is 13.2. The fourth-order valence-electron chi connectivity index (χ4n) is 2.92. The molecule has 8 heteroatoms. The number of piperidine rings is 1. The Balaban J connectivity index is 1.44. The van der Waals surface area contributed by atoms with Crippen molar-refractivity contribution in [1.29, 1.82) is 0 Å². The molecule has 2 fully saturated rings. The smallest absolute Gasteiger partial charge is 0.317 e. The SMILES string of the molecule is C[C@H](NC(=O)N1CCC(OC2CCC2)CC1)c1nnnn1C. The van der Waals surface area contributed by atoms with Gasteiger partial charge in [0.15, 0.2) is 5.82 Å². The average Bonchev–Trinajstić information content (AvgIpc) is 2.90. The van der Waals surface area contributed by atoms with Crippen LogP contribution in [0.1, 0.15) is 50.9 Å². The van der Waals surface area contributed by atoms with Gasteiger partial charge in [0.2, 0.25) is 0 Å². The van der Waals surface area contributed by atoms with Crippen molar-refractivity contribution in [3.05, 3.63) is 5.82 Å². The van der Waals surface area contributed by atoms with Crippen LogP contribution in [-0.2, 0) is 11.8 Å². The summed E-state index contributed by atoms with van der Waals surface area (Å²) in [4.78, 5) is 14.2. The van der Waals surface area contributed by atoms with Crippen LogP contribution in [0.2, 0.25) is 0 Å². The molecule has 1 atom stereocenters. The number of tetrazole rings is 1. The third-order valence-corrected chi connectivity index (χ3v) is 4.55. The predicted molar refractivity (Wildman–Crippen MR) is 79.1 cm³/mol. The Morgan fingerprint density at radius 1 is 1.27 bits per heavy atom. The molecule has 0 unspecified atom stereocenters. The third-order valence-electron chi connectivity index (χ3n) is 4.55. The number of aryl methyl sites for hydroxylation is 1. The number of carbonyl (C=O) groups is 1. The van der Waals surface area contributed by atoms with Crippen LogP contribution in [0.3, 0.4) is 0 Å². The minimum atomic E-state index is -0.212. The van der Waals surface area contributed by atoms with Gasteiger partial charge in [-0.15, -0.1) is 5.10 Å². The van der Waals surface area contributed by atoms with Crippen molar-refractivity contribution in [3.63, 3.8) is 0 Å². The zero-order valence-corrected chi connectivity index (χ0v) is 13.2. The topological polar surface area (TPSA) is 85.2 Å². The van der Waals surface area contributed by atoms with E-state index < -0.39 is 0 Å². The lowest BCUT2D eigenvalue weighted by atomic mass is 9.95. The Labute approximate surface area is 130 Å². The number of urea groups is 1. The molecule has 1 N–H and O–H groups in total. The first-order chi connectivity index (χ1) is 10.6. The van der Waals surface area contributed by atoms with Gasteiger partial charge in [0.05, 0.1) is 18.2 Å². The first-order valence-electron chi connectivity index (χ1n) is 8.06. The van der Waals surface area contributed by atoms with E-state index >= 15 is 0 Å². The molecular formula is C14H24N6O2. The van der Waals surface area contributed by atoms with Crippen LogP contribution >= 0.6 is 0 Å². The van der Waals surface area contributed by atoms with Crippen LogP contribution in [0.5, 0.6) is 0 Å². The van der Waals surface area contributed by atoms with Crippen LogP contribution in [0, 0.1) is 0 Å². The maximum atomic E-state index is 12.3. The molecule has 1 aliphatic carbocycles. The molecule has 0 radical (unpaired) electrons. The fourth-order valence-corrected chi connectivity index (χ4v) is 2.92. The van der Waals surface area contributed by atoms with Gasteiger partial charge in [-0.25, -0.2) is 9.48 Å². The van der Waals surface area contributed by atoms with Crippen LogP contribution in [0.15, 0.2) is 0 Å². The minimum Gasteiger partial charge on any atom is -0.375 e. The molecule has 22 heavy (non-hydrogen) atoms. The quantitative estimate of drug-likeness (QED) is 0.897. The number of hydrogen-bond donors (Lipinski definition) is 1. The van der Waals surface area contributed by atoms with E-state index in [1.807, 2.05) is 11.8 Å². The molecule has 1 saturated carbocycles. The average molecular weight is 308 g/mol. The van der Waals surface area contributed by atoms with E-state index in [1.165, 1.54) is 19.3 Å². The number of carbonyl (C=O) groups excluding carboxylic acids is 1. The standard InChI is InChI=1S/C14H24N6O2/c1-10(13-16-17-18-19(13)2)15-14(21)20-8-6-12(7-9-20)22-11-4-3-5-11/h10-12H,3-9H2,1-2H3,(H,15,21)/t10-/m0/s1. The number of likely N-dealkylation sites (tertiary alicyclic amines) is 1. The second kappa shape index (κ2) is 6.60. The Hall–Kier alpha value is -1.70. The number of ether oxygens (including phenoxy) is 1. The van der Waals surface area contributed by atoms with Gasteiger partial charge in [-0.2, -0.15) is 0 Å². The molecule has 1 aliphatic heterocycles. The van der Waals surface area contributed by atoms with E-state index in [2.05, 4.69) is 20.8 Å². The Bertz CT molecular complexity index is 507. The summed E-state index contributed by atoms with van der Waals surface area (Å²) in [5, 5.41) is 14.3. The second-order valence-corrected chi connectivity index (χ2v) is 6.21. The van der Waals surface area contributed by atoms with Crippen LogP contribution < -0.4 is 5.32 Å². The molecule has 0 spiro atoms. The van der Waals surface area contributed by atoms with Crippen LogP contribution in [-0.4, -0.2) is 56.4 Å². The summed E-state index contributed by atoms with van der Waals surface area (Å²) >= 11 is 0. The van der Waals surface area contributed by atoms with Gasteiger partial charge in [-0.1, -0.05) is 0 Å². The zero-order chi connectivity index (χ0) is 15.5. The van der Waals surface area contributed by atoms with E-state index in [4.69, 9.17) is 4.74 Å². The van der Waals surface area contributed by atoms with E-state index in [0.717, 1.165) is 25.9 Å². The molecular weight excluding hydrogens is 284 g/mol. The monoisotopic (exact) mass is 308 g/mol. The van der Waals surface area contributed by atoms with Crippen LogP contribution in [0.25, 0.3) is 0 Å². The van der Waals surface area contributed by atoms with Crippen molar-refractivity contribution in [2.75, 3.05) is 13.1 Å². The number of nitrogens with zero attached hydrogens (tertiary/aromatic N) is 5. The van der Waals surface area contributed by atoms with E-state index in [1.54, 1.807) is 11.7 Å². The molecule has 0 bridgehead atoms. The minimum absolute atomic E-state index is 0.0578. The van der Waals surface area contributed by atoms with Gasteiger partial charge >= 0.3 is 6.03 Å². The summed E-state index contributed by atoms with van der Waals surface area (Å²) in [6, 6.07) is -0.269. The first kappa shape index (κ1) is 15.2. The molecule has 122 valence electrons. The van der Waals surface area contributed by atoms with Crippen LogP contribution in [0.4, 0.5) is 4.79 Å². The number of nitrogens with one attached hydrogen (secondary N) is 1. The fraction of sp³-hybridized carbons (Fsp3) is 0.857. The highest BCUT2D eigenvalue weighted by molar-refractivity contribution is 5.74. The Kier molecular flexibility index (Phi) is 4.56. The molecule has 2 aliphatic rings. The van der Waals surface area contributed by atoms with Crippen molar-refractivity contribution < 1.29 is 9.53 Å². The van der Waals surface area contributed by atoms with Crippen molar-refractivity contribution >= 4 is 6.03 Å². The molecule has 8 nitrogen and oxygen atoms in total. The van der Waals surface area contributed by atoms with Gasteiger partial charge in [0, 0.05) is 20.1 Å². The lowest BCUT2D eigenvalue weighted by Crippen LogP contribution is -2.47. The number of rotatable bonds is 4. The van der Waals surface area contributed by atoms with Crippen molar-refractivity contribution in [3.8, 4) is 0 Å².